The third kappa shape index (κ3) is 4.08. The summed E-state index contributed by atoms with van der Waals surface area (Å²) >= 11 is 5.99. The molecule has 31 heavy (non-hydrogen) atoms. The maximum Gasteiger partial charge on any atom is 0.269 e. The monoisotopic (exact) mass is 433 g/mol. The van der Waals surface area contributed by atoms with Crippen molar-refractivity contribution < 1.29 is 9.59 Å². The molecule has 0 unspecified atom stereocenters. The van der Waals surface area contributed by atoms with E-state index in [0.29, 0.717) is 16.3 Å². The molecule has 2 aromatic heterocycles. The molecule has 0 bridgehead atoms. The van der Waals surface area contributed by atoms with Crippen molar-refractivity contribution in [1.82, 2.24) is 14.3 Å². The first-order valence-electron chi connectivity index (χ1n) is 9.55. The number of anilines is 1. The van der Waals surface area contributed by atoms with E-state index in [9.17, 15) is 9.59 Å². The second kappa shape index (κ2) is 8.12. The number of aryl methyl sites for hydroxylation is 1. The Kier molecular flexibility index (Phi) is 5.35. The zero-order valence-corrected chi connectivity index (χ0v) is 17.7. The van der Waals surface area contributed by atoms with E-state index in [-0.39, 0.29) is 11.6 Å². The van der Waals surface area contributed by atoms with Gasteiger partial charge in [0.2, 0.25) is 0 Å². The van der Waals surface area contributed by atoms with Crippen LogP contribution in [0.1, 0.15) is 32.2 Å². The van der Waals surface area contributed by atoms with Gasteiger partial charge >= 0.3 is 0 Å². The smallest absolute Gasteiger partial charge is 0.269 e. The summed E-state index contributed by atoms with van der Waals surface area (Å²) in [5.74, 6) is -0.782. The molecule has 3 N–H and O–H groups in total. The second-order valence-electron chi connectivity index (χ2n) is 7.11. The van der Waals surface area contributed by atoms with Gasteiger partial charge < -0.3 is 15.6 Å². The topological polar surface area (TPSA) is 94.9 Å². The fourth-order valence-electron chi connectivity index (χ4n) is 3.48. The highest BCUT2D eigenvalue weighted by molar-refractivity contribution is 6.30. The molecular formula is C23H20ClN5O2. The Bertz CT molecular complexity index is 1270. The molecule has 4 rings (SSSR count). The van der Waals surface area contributed by atoms with Gasteiger partial charge in [0.05, 0.1) is 11.3 Å². The summed E-state index contributed by atoms with van der Waals surface area (Å²) in [6.45, 7) is 3.87. The highest BCUT2D eigenvalue weighted by Gasteiger charge is 2.17. The van der Waals surface area contributed by atoms with E-state index in [2.05, 4.69) is 10.4 Å². The zero-order chi connectivity index (χ0) is 22.1. The van der Waals surface area contributed by atoms with Crippen molar-refractivity contribution in [2.75, 3.05) is 5.32 Å². The molecule has 156 valence electrons. The first-order chi connectivity index (χ1) is 14.8. The molecule has 8 heteroatoms. The molecule has 0 aliphatic rings. The fraction of sp³-hybridized carbons (Fsp3) is 0.0870. The van der Waals surface area contributed by atoms with Crippen molar-refractivity contribution in [3.8, 4) is 11.4 Å². The van der Waals surface area contributed by atoms with Crippen molar-refractivity contribution >= 4 is 29.1 Å². The highest BCUT2D eigenvalue weighted by atomic mass is 35.5. The predicted octanol–water partition coefficient (Wildman–Crippen LogP) is 4.28. The highest BCUT2D eigenvalue weighted by Crippen LogP contribution is 2.23. The van der Waals surface area contributed by atoms with Crippen molar-refractivity contribution in [1.29, 1.82) is 0 Å². The number of nitrogens with zero attached hydrogens (tertiary/aromatic N) is 3. The molecule has 7 nitrogen and oxygen atoms in total. The van der Waals surface area contributed by atoms with Gasteiger partial charge in [-0.2, -0.15) is 5.10 Å². The van der Waals surface area contributed by atoms with Gasteiger partial charge in [0.15, 0.2) is 0 Å². The third-order valence-electron chi connectivity index (χ3n) is 4.99. The third-order valence-corrected chi connectivity index (χ3v) is 5.24. The van der Waals surface area contributed by atoms with Crippen LogP contribution in [0.4, 0.5) is 5.69 Å². The summed E-state index contributed by atoms with van der Waals surface area (Å²) in [6, 6.07) is 18.0. The number of rotatable bonds is 5. The van der Waals surface area contributed by atoms with Crippen LogP contribution in [-0.2, 0) is 0 Å². The molecule has 0 aliphatic carbocycles. The number of hydrogen-bond acceptors (Lipinski definition) is 3. The minimum atomic E-state index is -0.584. The zero-order valence-electron chi connectivity index (χ0n) is 17.0. The quantitative estimate of drug-likeness (QED) is 0.491. The minimum Gasteiger partial charge on any atom is -0.364 e. The molecule has 0 aliphatic heterocycles. The molecule has 0 saturated carbocycles. The first kappa shape index (κ1) is 20.4. The van der Waals surface area contributed by atoms with Crippen LogP contribution in [0.2, 0.25) is 5.02 Å². The number of nitrogens with two attached hydrogens (primary N) is 1. The number of amides is 2. The fourth-order valence-corrected chi connectivity index (χ4v) is 3.60. The van der Waals surface area contributed by atoms with Crippen LogP contribution >= 0.6 is 11.6 Å². The second-order valence-corrected chi connectivity index (χ2v) is 7.54. The number of aromatic nitrogens is 3. The normalized spacial score (nSPS) is 10.8. The number of hydrogen-bond donors (Lipinski definition) is 2. The molecule has 0 atom stereocenters. The van der Waals surface area contributed by atoms with Crippen molar-refractivity contribution in [3.63, 3.8) is 0 Å². The van der Waals surface area contributed by atoms with Gasteiger partial charge in [-0.1, -0.05) is 11.6 Å². The molecule has 2 amide bonds. The van der Waals surface area contributed by atoms with Crippen molar-refractivity contribution in [2.45, 2.75) is 13.8 Å². The molecule has 4 aromatic rings. The van der Waals surface area contributed by atoms with Crippen LogP contribution in [0, 0.1) is 13.8 Å². The van der Waals surface area contributed by atoms with Gasteiger partial charge in [-0.15, -0.1) is 0 Å². The van der Waals surface area contributed by atoms with Gasteiger partial charge in [0.1, 0.15) is 5.69 Å². The van der Waals surface area contributed by atoms with E-state index in [4.69, 9.17) is 17.3 Å². The maximum atomic E-state index is 12.9. The minimum absolute atomic E-state index is 0.188. The van der Waals surface area contributed by atoms with Crippen LogP contribution in [0.25, 0.3) is 11.4 Å². The predicted molar refractivity (Wildman–Crippen MR) is 120 cm³/mol. The average molecular weight is 434 g/mol. The van der Waals surface area contributed by atoms with E-state index in [1.165, 1.54) is 0 Å². The van der Waals surface area contributed by atoms with Crippen molar-refractivity contribution in [2.24, 2.45) is 5.73 Å². The molecule has 0 radical (unpaired) electrons. The van der Waals surface area contributed by atoms with E-state index in [1.807, 2.05) is 48.7 Å². The standard InChI is InChI=1S/C23H20ClN5O2/c1-14-13-20(15(2)29(14)19-7-3-16(24)4-8-19)23(31)26-17-5-9-18(10-6-17)28-12-11-21(27-28)22(25)30/h3-13H,1-2H3,(H2,25,30)(H,26,31). The van der Waals surface area contributed by atoms with Crippen LogP contribution < -0.4 is 11.1 Å². The Morgan fingerprint density at radius 3 is 2.23 bits per heavy atom. The Morgan fingerprint density at radius 2 is 1.61 bits per heavy atom. The van der Waals surface area contributed by atoms with Gasteiger partial charge in [-0.3, -0.25) is 9.59 Å². The lowest BCUT2D eigenvalue weighted by Gasteiger charge is -2.10. The average Bonchev–Trinajstić information content (AvgIpc) is 3.35. The van der Waals surface area contributed by atoms with Crippen LogP contribution in [0.3, 0.4) is 0 Å². The van der Waals surface area contributed by atoms with E-state index >= 15 is 0 Å². The Balaban J connectivity index is 1.54. The number of halogens is 1. The summed E-state index contributed by atoms with van der Waals surface area (Å²) in [5.41, 5.74) is 10.1. The Hall–Kier alpha value is -3.84. The Labute approximate surface area is 184 Å². The largest absolute Gasteiger partial charge is 0.364 e. The van der Waals surface area contributed by atoms with Gasteiger partial charge in [-0.25, -0.2) is 4.68 Å². The maximum absolute atomic E-state index is 12.9. The molecule has 0 fully saturated rings. The van der Waals surface area contributed by atoms with Crippen molar-refractivity contribution in [3.05, 3.63) is 94.5 Å². The van der Waals surface area contributed by atoms with Gasteiger partial charge in [-0.05, 0) is 74.5 Å². The summed E-state index contributed by atoms with van der Waals surface area (Å²) in [5, 5.41) is 7.71. The first-order valence-corrected chi connectivity index (χ1v) is 9.93. The van der Waals surface area contributed by atoms with Crippen LogP contribution in [0.5, 0.6) is 0 Å². The van der Waals surface area contributed by atoms with Gasteiger partial charge in [0, 0.05) is 34.0 Å². The number of carbonyl (C=O) groups is 2. The number of carbonyl (C=O) groups excluding carboxylic acids is 2. The summed E-state index contributed by atoms with van der Waals surface area (Å²) in [7, 11) is 0. The van der Waals surface area contributed by atoms with E-state index in [0.717, 1.165) is 22.8 Å². The summed E-state index contributed by atoms with van der Waals surface area (Å²) in [6.07, 6.45) is 1.65. The molecule has 0 spiro atoms. The number of nitrogens with one attached hydrogen (secondary N) is 1. The summed E-state index contributed by atoms with van der Waals surface area (Å²) in [4.78, 5) is 24.1. The summed E-state index contributed by atoms with van der Waals surface area (Å²) < 4.78 is 3.56. The Morgan fingerprint density at radius 1 is 0.968 bits per heavy atom. The van der Waals surface area contributed by atoms with E-state index < -0.39 is 5.91 Å². The number of primary amides is 1. The van der Waals surface area contributed by atoms with Crippen LogP contribution in [-0.4, -0.2) is 26.2 Å². The van der Waals surface area contributed by atoms with Crippen LogP contribution in [0.15, 0.2) is 66.9 Å². The lowest BCUT2D eigenvalue weighted by atomic mass is 10.2. The van der Waals surface area contributed by atoms with Gasteiger partial charge in [0.25, 0.3) is 11.8 Å². The molecular weight excluding hydrogens is 414 g/mol. The lowest BCUT2D eigenvalue weighted by Crippen LogP contribution is -2.13. The van der Waals surface area contributed by atoms with E-state index in [1.54, 1.807) is 41.2 Å². The molecule has 2 aromatic carbocycles. The number of benzene rings is 2. The SMILES string of the molecule is Cc1cc(C(=O)Nc2ccc(-n3ccc(C(N)=O)n3)cc2)c(C)n1-c1ccc(Cl)cc1. The lowest BCUT2D eigenvalue weighted by molar-refractivity contribution is 0.0993. The molecule has 2 heterocycles. The molecule has 0 saturated heterocycles.